The molecule has 0 saturated carbocycles. The average Bonchev–Trinajstić information content (AvgIpc) is 3.09. The minimum atomic E-state index is -1.04. The molecule has 32 heavy (non-hydrogen) atoms. The largest absolute Gasteiger partial charge is 0.480 e. The third kappa shape index (κ3) is 5.66. The van der Waals surface area contributed by atoms with Gasteiger partial charge in [-0.05, 0) is 41.0 Å². The summed E-state index contributed by atoms with van der Waals surface area (Å²) in [4.78, 5) is 35.2. The standard InChI is InChI=1S/C25H30N2O5/c1-16(2)23(24(29)30)27-22(28)13-7-8-14-26-25(31)32-15-21-19-11-5-3-9-17(19)18-10-4-6-12-20(18)21/h3-6,9-12,16,21,23H,7-8,13-15H2,1-2H3,(H,26,31)(H,27,28)(H,29,30)/t23-/m0/s1. The molecule has 1 aliphatic carbocycles. The van der Waals surface area contributed by atoms with Gasteiger partial charge in [0.15, 0.2) is 0 Å². The van der Waals surface area contributed by atoms with Gasteiger partial charge in [-0.15, -0.1) is 0 Å². The molecular weight excluding hydrogens is 408 g/mol. The molecule has 0 heterocycles. The van der Waals surface area contributed by atoms with E-state index < -0.39 is 18.1 Å². The molecule has 1 atom stereocenters. The summed E-state index contributed by atoms with van der Waals surface area (Å²) in [6.45, 7) is 4.14. The van der Waals surface area contributed by atoms with Crippen LogP contribution in [0.25, 0.3) is 11.1 Å². The molecule has 2 aromatic rings. The third-order valence-corrected chi connectivity index (χ3v) is 5.69. The number of alkyl carbamates (subject to hydrolysis) is 1. The van der Waals surface area contributed by atoms with Crippen molar-refractivity contribution in [1.29, 1.82) is 0 Å². The Morgan fingerprint density at radius 1 is 0.969 bits per heavy atom. The minimum Gasteiger partial charge on any atom is -0.480 e. The zero-order valence-corrected chi connectivity index (χ0v) is 18.5. The van der Waals surface area contributed by atoms with E-state index in [-0.39, 0.29) is 30.8 Å². The monoisotopic (exact) mass is 438 g/mol. The number of fused-ring (bicyclic) bond motifs is 3. The molecule has 0 aliphatic heterocycles. The van der Waals surface area contributed by atoms with Crippen molar-refractivity contribution in [2.75, 3.05) is 13.2 Å². The minimum absolute atomic E-state index is 0.0139. The number of ether oxygens (including phenoxy) is 1. The summed E-state index contributed by atoms with van der Waals surface area (Å²) in [6.07, 6.45) is 0.863. The molecule has 0 radical (unpaired) electrons. The van der Waals surface area contributed by atoms with Crippen LogP contribution in [0.1, 0.15) is 50.2 Å². The van der Waals surface area contributed by atoms with Crippen LogP contribution in [-0.2, 0) is 14.3 Å². The van der Waals surface area contributed by atoms with Crippen molar-refractivity contribution in [1.82, 2.24) is 10.6 Å². The molecule has 0 fully saturated rings. The van der Waals surface area contributed by atoms with Crippen LogP contribution in [-0.4, -0.2) is 42.3 Å². The van der Waals surface area contributed by atoms with Gasteiger partial charge in [-0.25, -0.2) is 9.59 Å². The number of hydrogen-bond donors (Lipinski definition) is 3. The van der Waals surface area contributed by atoms with Gasteiger partial charge in [-0.2, -0.15) is 0 Å². The van der Waals surface area contributed by atoms with Crippen molar-refractivity contribution >= 4 is 18.0 Å². The number of carbonyl (C=O) groups excluding carboxylic acids is 2. The van der Waals surface area contributed by atoms with E-state index in [1.54, 1.807) is 13.8 Å². The van der Waals surface area contributed by atoms with Crippen LogP contribution >= 0.6 is 0 Å². The van der Waals surface area contributed by atoms with Gasteiger partial charge in [0.1, 0.15) is 12.6 Å². The predicted molar refractivity (Wildman–Crippen MR) is 121 cm³/mol. The highest BCUT2D eigenvalue weighted by Gasteiger charge is 2.29. The van der Waals surface area contributed by atoms with Gasteiger partial charge in [0.05, 0.1) is 0 Å². The molecule has 0 saturated heterocycles. The number of carboxylic acids is 1. The Bertz CT molecular complexity index is 927. The van der Waals surface area contributed by atoms with E-state index in [2.05, 4.69) is 34.9 Å². The third-order valence-electron chi connectivity index (χ3n) is 5.69. The lowest BCUT2D eigenvalue weighted by Gasteiger charge is -2.17. The number of carbonyl (C=O) groups is 3. The molecule has 7 heteroatoms. The first-order valence-corrected chi connectivity index (χ1v) is 11.0. The Balaban J connectivity index is 1.38. The summed E-state index contributed by atoms with van der Waals surface area (Å²) in [7, 11) is 0. The Kier molecular flexibility index (Phi) is 7.87. The number of carboxylic acid groups (broad SMARTS) is 1. The summed E-state index contributed by atoms with van der Waals surface area (Å²) >= 11 is 0. The van der Waals surface area contributed by atoms with Crippen LogP contribution in [0.3, 0.4) is 0 Å². The second kappa shape index (κ2) is 10.8. The topological polar surface area (TPSA) is 105 Å². The van der Waals surface area contributed by atoms with Crippen LogP contribution in [0.15, 0.2) is 48.5 Å². The fraction of sp³-hybridized carbons (Fsp3) is 0.400. The summed E-state index contributed by atoms with van der Waals surface area (Å²) in [5, 5.41) is 14.4. The van der Waals surface area contributed by atoms with Gasteiger partial charge in [0, 0.05) is 18.9 Å². The second-order valence-corrected chi connectivity index (χ2v) is 8.34. The van der Waals surface area contributed by atoms with Crippen molar-refractivity contribution in [2.24, 2.45) is 5.92 Å². The zero-order valence-electron chi connectivity index (χ0n) is 18.5. The smallest absolute Gasteiger partial charge is 0.407 e. The van der Waals surface area contributed by atoms with E-state index in [0.717, 1.165) is 11.1 Å². The normalized spacial score (nSPS) is 13.2. The molecule has 0 spiro atoms. The van der Waals surface area contributed by atoms with Crippen LogP contribution in [0, 0.1) is 5.92 Å². The second-order valence-electron chi connectivity index (χ2n) is 8.34. The lowest BCUT2D eigenvalue weighted by Crippen LogP contribution is -2.44. The van der Waals surface area contributed by atoms with Gasteiger partial charge >= 0.3 is 12.1 Å². The number of hydrogen-bond acceptors (Lipinski definition) is 4. The van der Waals surface area contributed by atoms with Crippen LogP contribution < -0.4 is 10.6 Å². The quantitative estimate of drug-likeness (QED) is 0.488. The van der Waals surface area contributed by atoms with Crippen LogP contribution in [0.5, 0.6) is 0 Å². The van der Waals surface area contributed by atoms with Crippen molar-refractivity contribution in [2.45, 2.75) is 45.1 Å². The molecule has 3 rings (SSSR count). The molecule has 2 amide bonds. The van der Waals surface area contributed by atoms with Crippen molar-refractivity contribution in [3.05, 3.63) is 59.7 Å². The summed E-state index contributed by atoms with van der Waals surface area (Å²) in [5.74, 6) is -1.51. The van der Waals surface area contributed by atoms with Crippen molar-refractivity contribution in [3.63, 3.8) is 0 Å². The average molecular weight is 439 g/mol. The number of amides is 2. The van der Waals surface area contributed by atoms with Gasteiger partial charge in [0.25, 0.3) is 0 Å². The fourth-order valence-electron chi connectivity index (χ4n) is 4.01. The van der Waals surface area contributed by atoms with E-state index in [4.69, 9.17) is 9.84 Å². The highest BCUT2D eigenvalue weighted by atomic mass is 16.5. The Hall–Kier alpha value is -3.35. The van der Waals surface area contributed by atoms with Crippen LogP contribution in [0.4, 0.5) is 4.79 Å². The maximum atomic E-state index is 12.1. The molecule has 0 unspecified atom stereocenters. The number of benzene rings is 2. The van der Waals surface area contributed by atoms with E-state index in [9.17, 15) is 14.4 Å². The molecular formula is C25H30N2O5. The fourth-order valence-corrected chi connectivity index (χ4v) is 4.01. The van der Waals surface area contributed by atoms with E-state index >= 15 is 0 Å². The van der Waals surface area contributed by atoms with Gasteiger partial charge in [-0.1, -0.05) is 62.4 Å². The highest BCUT2D eigenvalue weighted by Crippen LogP contribution is 2.44. The zero-order chi connectivity index (χ0) is 23.1. The molecule has 3 N–H and O–H groups in total. The first kappa shape index (κ1) is 23.3. The maximum Gasteiger partial charge on any atom is 0.407 e. The van der Waals surface area contributed by atoms with E-state index in [0.29, 0.717) is 19.4 Å². The first-order chi connectivity index (χ1) is 15.4. The van der Waals surface area contributed by atoms with E-state index in [1.165, 1.54) is 11.1 Å². The van der Waals surface area contributed by atoms with Crippen LogP contribution in [0.2, 0.25) is 0 Å². The lowest BCUT2D eigenvalue weighted by molar-refractivity contribution is -0.143. The predicted octanol–water partition coefficient (Wildman–Crippen LogP) is 3.92. The number of unbranched alkanes of at least 4 members (excludes halogenated alkanes) is 1. The molecule has 7 nitrogen and oxygen atoms in total. The number of nitrogens with one attached hydrogen (secondary N) is 2. The van der Waals surface area contributed by atoms with Gasteiger partial charge in [-0.3, -0.25) is 4.79 Å². The van der Waals surface area contributed by atoms with Crippen molar-refractivity contribution in [3.8, 4) is 11.1 Å². The lowest BCUT2D eigenvalue weighted by atomic mass is 9.98. The Morgan fingerprint density at radius 3 is 2.12 bits per heavy atom. The Morgan fingerprint density at radius 2 is 1.56 bits per heavy atom. The number of aliphatic carboxylic acids is 1. The maximum absolute atomic E-state index is 12.1. The SMILES string of the molecule is CC(C)[C@H](NC(=O)CCCCNC(=O)OCC1c2ccccc2-c2ccccc21)C(=O)O. The van der Waals surface area contributed by atoms with Gasteiger partial charge < -0.3 is 20.5 Å². The molecule has 170 valence electrons. The summed E-state index contributed by atoms with van der Waals surface area (Å²) in [6, 6.07) is 15.4. The summed E-state index contributed by atoms with van der Waals surface area (Å²) < 4.78 is 5.48. The first-order valence-electron chi connectivity index (χ1n) is 11.0. The molecule has 0 bridgehead atoms. The molecule has 1 aliphatic rings. The molecule has 0 aromatic heterocycles. The Labute approximate surface area is 188 Å². The summed E-state index contributed by atoms with van der Waals surface area (Å²) in [5.41, 5.74) is 4.68. The molecule has 2 aromatic carbocycles. The van der Waals surface area contributed by atoms with Crippen molar-refractivity contribution < 1.29 is 24.2 Å². The van der Waals surface area contributed by atoms with Gasteiger partial charge in [0.2, 0.25) is 5.91 Å². The van der Waals surface area contributed by atoms with E-state index in [1.807, 2.05) is 24.3 Å². The highest BCUT2D eigenvalue weighted by molar-refractivity contribution is 5.83. The number of rotatable bonds is 10.